The van der Waals surface area contributed by atoms with Crippen LogP contribution >= 0.6 is 0 Å². The lowest BCUT2D eigenvalue weighted by molar-refractivity contribution is 1.06. The fraction of sp³-hybridized carbons (Fsp3) is 0.0606. The topological polar surface area (TPSA) is 27.0 Å². The van der Waals surface area contributed by atoms with E-state index in [0.29, 0.717) is 5.56 Å². The van der Waals surface area contributed by atoms with E-state index in [4.69, 9.17) is 0 Å². The van der Waals surface area contributed by atoms with Gasteiger partial charge in [0.2, 0.25) is 0 Å². The van der Waals surface area contributed by atoms with Gasteiger partial charge in [0, 0.05) is 23.2 Å². The zero-order valence-electron chi connectivity index (χ0n) is 19.2. The molecule has 0 radical (unpaired) electrons. The molecule has 0 amide bonds. The summed E-state index contributed by atoms with van der Waals surface area (Å²) < 4.78 is 0. The predicted octanol–water partition coefficient (Wildman–Crippen LogP) is 8.17. The number of hydrogen-bond donors (Lipinski definition) is 0. The highest BCUT2D eigenvalue weighted by Crippen LogP contribution is 2.42. The van der Waals surface area contributed by atoms with Crippen LogP contribution in [0.5, 0.6) is 0 Å². The highest BCUT2D eigenvalue weighted by molar-refractivity contribution is 6.04. The van der Waals surface area contributed by atoms with Crippen molar-refractivity contribution in [3.63, 3.8) is 0 Å². The molecule has 0 saturated carbocycles. The molecule has 0 atom stereocenters. The predicted molar refractivity (Wildman–Crippen MR) is 146 cm³/mol. The zero-order chi connectivity index (χ0) is 23.4. The van der Waals surface area contributed by atoms with E-state index < -0.39 is 0 Å². The molecule has 35 heavy (non-hydrogen) atoms. The largest absolute Gasteiger partial charge is 0.313 e. The lowest BCUT2D eigenvalue weighted by atomic mass is 9.84. The Labute approximate surface area is 204 Å². The number of nitriles is 1. The van der Waals surface area contributed by atoms with Crippen LogP contribution in [0, 0.1) is 11.3 Å². The molecular formula is C33H22N2. The van der Waals surface area contributed by atoms with Gasteiger partial charge in [-0.05, 0) is 81.2 Å². The molecule has 0 heterocycles. The third kappa shape index (κ3) is 3.10. The second kappa shape index (κ2) is 7.72. The SMILES string of the molecule is N#Cc1ccc(N(C2=Cc3ccc4c5c(ccc(c35)C2)CC=C4)c2cccc3ccccc23)cc1. The minimum atomic E-state index is 0.668. The van der Waals surface area contributed by atoms with Crippen LogP contribution in [0.25, 0.3) is 33.7 Å². The van der Waals surface area contributed by atoms with E-state index in [0.717, 1.165) is 24.2 Å². The van der Waals surface area contributed by atoms with Crippen LogP contribution in [0.4, 0.5) is 11.4 Å². The molecule has 0 bridgehead atoms. The maximum atomic E-state index is 9.36. The van der Waals surface area contributed by atoms with Crippen LogP contribution in [-0.4, -0.2) is 0 Å². The Bertz CT molecular complexity index is 1740. The Balaban J connectivity index is 1.47. The number of fused-ring (bicyclic) bond motifs is 1. The van der Waals surface area contributed by atoms with Crippen molar-refractivity contribution in [1.82, 2.24) is 0 Å². The quantitative estimate of drug-likeness (QED) is 0.279. The molecule has 5 aromatic rings. The zero-order valence-corrected chi connectivity index (χ0v) is 19.2. The number of allylic oxidation sites excluding steroid dienone is 2. The van der Waals surface area contributed by atoms with E-state index in [2.05, 4.69) is 108 Å². The summed E-state index contributed by atoms with van der Waals surface area (Å²) in [7, 11) is 0. The summed E-state index contributed by atoms with van der Waals surface area (Å²) >= 11 is 0. The number of benzene rings is 5. The highest BCUT2D eigenvalue weighted by atomic mass is 15.1. The van der Waals surface area contributed by atoms with Crippen LogP contribution < -0.4 is 4.90 Å². The molecule has 164 valence electrons. The molecule has 0 fully saturated rings. The smallest absolute Gasteiger partial charge is 0.0991 e. The van der Waals surface area contributed by atoms with Crippen molar-refractivity contribution in [3.8, 4) is 6.07 Å². The van der Waals surface area contributed by atoms with Crippen molar-refractivity contribution in [3.05, 3.63) is 131 Å². The molecule has 0 N–H and O–H groups in total. The first kappa shape index (κ1) is 19.8. The molecule has 0 saturated heterocycles. The van der Waals surface area contributed by atoms with E-state index in [-0.39, 0.29) is 0 Å². The van der Waals surface area contributed by atoms with Gasteiger partial charge in [-0.25, -0.2) is 0 Å². The maximum Gasteiger partial charge on any atom is 0.0991 e. The lowest BCUT2D eigenvalue weighted by Crippen LogP contribution is -2.20. The summed E-state index contributed by atoms with van der Waals surface area (Å²) in [5.74, 6) is 0. The van der Waals surface area contributed by atoms with Gasteiger partial charge >= 0.3 is 0 Å². The van der Waals surface area contributed by atoms with Crippen LogP contribution in [0.15, 0.2) is 103 Å². The molecule has 0 unspecified atom stereocenters. The molecule has 7 rings (SSSR count). The van der Waals surface area contributed by atoms with E-state index >= 15 is 0 Å². The van der Waals surface area contributed by atoms with Gasteiger partial charge in [-0.15, -0.1) is 0 Å². The highest BCUT2D eigenvalue weighted by Gasteiger charge is 2.24. The van der Waals surface area contributed by atoms with Gasteiger partial charge in [0.1, 0.15) is 0 Å². The first-order valence-corrected chi connectivity index (χ1v) is 12.0. The van der Waals surface area contributed by atoms with E-state index in [1.54, 1.807) is 0 Å². The van der Waals surface area contributed by atoms with Gasteiger partial charge in [-0.2, -0.15) is 5.26 Å². The van der Waals surface area contributed by atoms with Crippen LogP contribution in [0.2, 0.25) is 0 Å². The minimum Gasteiger partial charge on any atom is -0.313 e. The van der Waals surface area contributed by atoms with Gasteiger partial charge in [0.25, 0.3) is 0 Å². The van der Waals surface area contributed by atoms with Crippen molar-refractivity contribution in [2.24, 2.45) is 0 Å². The first-order valence-electron chi connectivity index (χ1n) is 12.0. The molecule has 5 aromatic carbocycles. The van der Waals surface area contributed by atoms with Gasteiger partial charge in [-0.3, -0.25) is 0 Å². The van der Waals surface area contributed by atoms with Crippen LogP contribution in [-0.2, 0) is 12.8 Å². The normalized spacial score (nSPS) is 13.5. The van der Waals surface area contributed by atoms with Gasteiger partial charge in [0.05, 0.1) is 17.3 Å². The van der Waals surface area contributed by atoms with E-state index in [1.165, 1.54) is 49.5 Å². The third-order valence-corrected chi connectivity index (χ3v) is 7.28. The van der Waals surface area contributed by atoms with Crippen LogP contribution in [0.1, 0.15) is 27.8 Å². The third-order valence-electron chi connectivity index (χ3n) is 7.28. The Morgan fingerprint density at radius 1 is 0.714 bits per heavy atom. The summed E-state index contributed by atoms with van der Waals surface area (Å²) in [5, 5.41) is 14.6. The monoisotopic (exact) mass is 446 g/mol. The van der Waals surface area contributed by atoms with Gasteiger partial charge < -0.3 is 4.90 Å². The molecular weight excluding hydrogens is 424 g/mol. The Morgan fingerprint density at radius 2 is 1.49 bits per heavy atom. The first-order chi connectivity index (χ1) is 17.3. The second-order valence-electron chi connectivity index (χ2n) is 9.29. The average Bonchev–Trinajstić information content (AvgIpc) is 2.92. The average molecular weight is 447 g/mol. The van der Waals surface area contributed by atoms with Gasteiger partial charge in [0.15, 0.2) is 0 Å². The minimum absolute atomic E-state index is 0.668. The van der Waals surface area contributed by atoms with E-state index in [1.807, 2.05) is 12.1 Å². The van der Waals surface area contributed by atoms with Crippen molar-refractivity contribution in [2.75, 3.05) is 4.90 Å². The fourth-order valence-corrected chi connectivity index (χ4v) is 5.70. The molecule has 2 heteroatoms. The molecule has 2 aliphatic rings. The number of anilines is 2. The van der Waals surface area contributed by atoms with Crippen molar-refractivity contribution in [2.45, 2.75) is 12.8 Å². The number of rotatable bonds is 3. The van der Waals surface area contributed by atoms with E-state index in [9.17, 15) is 5.26 Å². The summed E-state index contributed by atoms with van der Waals surface area (Å²) in [6.45, 7) is 0. The lowest BCUT2D eigenvalue weighted by Gasteiger charge is -2.32. The molecule has 2 aliphatic carbocycles. The second-order valence-corrected chi connectivity index (χ2v) is 9.29. The van der Waals surface area contributed by atoms with Gasteiger partial charge in [-0.1, -0.05) is 72.8 Å². The fourth-order valence-electron chi connectivity index (χ4n) is 5.70. The number of hydrogen-bond acceptors (Lipinski definition) is 2. The van der Waals surface area contributed by atoms with Crippen molar-refractivity contribution >= 4 is 45.1 Å². The molecule has 0 spiro atoms. The van der Waals surface area contributed by atoms with Crippen LogP contribution in [0.3, 0.4) is 0 Å². The Morgan fingerprint density at radius 3 is 2.37 bits per heavy atom. The van der Waals surface area contributed by atoms with Crippen molar-refractivity contribution in [1.29, 1.82) is 5.26 Å². The Kier molecular flexibility index (Phi) is 4.37. The van der Waals surface area contributed by atoms with Crippen molar-refractivity contribution < 1.29 is 0 Å². The number of nitrogens with zero attached hydrogens (tertiary/aromatic N) is 2. The standard InChI is InChI=1S/C33H22N2/c34-21-22-11-17-28(18-12-22)35(31-10-4-6-23-5-1-2-9-30(23)31)29-19-26-15-13-24-7-3-8-25-14-16-27(20-29)33(26)32(24)25/h1-7,9-19H,8,20H2. The maximum absolute atomic E-state index is 9.36. The molecule has 0 aromatic heterocycles. The molecule has 0 aliphatic heterocycles. The summed E-state index contributed by atoms with van der Waals surface area (Å²) in [4.78, 5) is 2.37. The summed E-state index contributed by atoms with van der Waals surface area (Å²) in [5.41, 5.74) is 9.48. The summed E-state index contributed by atoms with van der Waals surface area (Å²) in [6.07, 6.45) is 8.72. The molecule has 2 nitrogen and oxygen atoms in total. The Hall–Kier alpha value is -4.61. The summed E-state index contributed by atoms with van der Waals surface area (Å²) in [6, 6.07) is 34.3.